The van der Waals surface area contributed by atoms with Gasteiger partial charge in [0.1, 0.15) is 43.5 Å². The summed E-state index contributed by atoms with van der Waals surface area (Å²) in [4.78, 5) is 10.8. The Balaban J connectivity index is 1.96. The van der Waals surface area contributed by atoms with E-state index in [0.717, 1.165) is 11.1 Å². The molecule has 0 bridgehead atoms. The largest absolute Gasteiger partial charge is 0.491 e. The number of hydrogen-bond acceptors (Lipinski definition) is 6. The molecule has 0 aliphatic carbocycles. The maximum Gasteiger partial charge on any atom is 0.302 e. The number of esters is 1. The lowest BCUT2D eigenvalue weighted by molar-refractivity contribution is -0.144. The first-order chi connectivity index (χ1) is 14.2. The molecule has 0 aromatic heterocycles. The molecule has 6 nitrogen and oxygen atoms in total. The highest BCUT2D eigenvalue weighted by Crippen LogP contribution is 2.33. The molecule has 30 heavy (non-hydrogen) atoms. The minimum Gasteiger partial charge on any atom is -0.491 e. The van der Waals surface area contributed by atoms with Gasteiger partial charge in [0.25, 0.3) is 0 Å². The summed E-state index contributed by atoms with van der Waals surface area (Å²) in [6.45, 7) is 5.64. The molecule has 0 amide bonds. The van der Waals surface area contributed by atoms with Crippen molar-refractivity contribution in [2.75, 3.05) is 25.7 Å². The Labute approximate surface area is 182 Å². The number of alkyl halides is 1. The number of aliphatic hydroxyl groups excluding tert-OH is 2. The highest BCUT2D eigenvalue weighted by atomic mass is 35.5. The molecule has 2 aromatic carbocycles. The summed E-state index contributed by atoms with van der Waals surface area (Å²) in [5.74, 6) is 0.997. The smallest absolute Gasteiger partial charge is 0.302 e. The van der Waals surface area contributed by atoms with Crippen LogP contribution in [0.15, 0.2) is 48.5 Å². The van der Waals surface area contributed by atoms with Crippen LogP contribution >= 0.6 is 11.6 Å². The molecule has 0 aliphatic rings. The molecule has 0 saturated heterocycles. The fourth-order valence-electron chi connectivity index (χ4n) is 2.79. The molecule has 0 fully saturated rings. The summed E-state index contributed by atoms with van der Waals surface area (Å²) >= 11 is 5.57. The highest BCUT2D eigenvalue weighted by Gasteiger charge is 2.23. The van der Waals surface area contributed by atoms with Crippen LogP contribution in [0.25, 0.3) is 0 Å². The number of rotatable bonds is 11. The lowest BCUT2D eigenvalue weighted by Gasteiger charge is -2.26. The van der Waals surface area contributed by atoms with Crippen molar-refractivity contribution in [3.63, 3.8) is 0 Å². The van der Waals surface area contributed by atoms with Gasteiger partial charge < -0.3 is 24.4 Å². The van der Waals surface area contributed by atoms with Gasteiger partial charge in [0, 0.05) is 12.3 Å². The van der Waals surface area contributed by atoms with Crippen LogP contribution in [-0.2, 0) is 14.9 Å². The van der Waals surface area contributed by atoms with Gasteiger partial charge in [0.2, 0.25) is 0 Å². The fraction of sp³-hybridized carbons (Fsp3) is 0.435. The second kappa shape index (κ2) is 11.2. The number of halogens is 1. The molecule has 164 valence electrons. The van der Waals surface area contributed by atoms with Gasteiger partial charge in [-0.3, -0.25) is 4.79 Å². The molecule has 2 aromatic rings. The van der Waals surface area contributed by atoms with Gasteiger partial charge in [-0.15, -0.1) is 11.6 Å². The molecule has 7 heteroatoms. The molecule has 0 unspecified atom stereocenters. The van der Waals surface area contributed by atoms with E-state index in [4.69, 9.17) is 25.8 Å². The predicted molar refractivity (Wildman–Crippen MR) is 115 cm³/mol. The van der Waals surface area contributed by atoms with Gasteiger partial charge in [-0.05, 0) is 35.4 Å². The van der Waals surface area contributed by atoms with E-state index in [1.165, 1.54) is 6.92 Å². The molecule has 0 spiro atoms. The number of carbonyl (C=O) groups excluding carboxylic acids is 1. The second-order valence-electron chi connectivity index (χ2n) is 7.56. The Morgan fingerprint density at radius 2 is 1.30 bits per heavy atom. The first-order valence-corrected chi connectivity index (χ1v) is 10.3. The summed E-state index contributed by atoms with van der Waals surface area (Å²) in [6.07, 6.45) is -1.57. The molecular formula is C23H29ClO6. The molecule has 0 aliphatic heterocycles. The maximum absolute atomic E-state index is 10.8. The SMILES string of the molecule is CC(=O)OC[C@@H](O)COc1ccc(C(C)(C)c2ccc(OC[C@@H](O)CCl)cc2)cc1. The Hall–Kier alpha value is -2.28. The zero-order chi connectivity index (χ0) is 22.1. The molecule has 0 saturated carbocycles. The van der Waals surface area contributed by atoms with Crippen LogP contribution in [0.1, 0.15) is 31.9 Å². The summed E-state index contributed by atoms with van der Waals surface area (Å²) in [5.41, 5.74) is 1.96. The van der Waals surface area contributed by atoms with E-state index < -0.39 is 18.2 Å². The van der Waals surface area contributed by atoms with Crippen molar-refractivity contribution in [1.82, 2.24) is 0 Å². The highest BCUT2D eigenvalue weighted by molar-refractivity contribution is 6.18. The third kappa shape index (κ3) is 7.20. The van der Waals surface area contributed by atoms with Crippen LogP contribution in [0.4, 0.5) is 0 Å². The molecular weight excluding hydrogens is 408 g/mol. The minimum absolute atomic E-state index is 0.0376. The van der Waals surface area contributed by atoms with E-state index in [2.05, 4.69) is 13.8 Å². The van der Waals surface area contributed by atoms with Gasteiger partial charge in [0.05, 0.1) is 5.88 Å². The lowest BCUT2D eigenvalue weighted by atomic mass is 9.78. The average Bonchev–Trinajstić information content (AvgIpc) is 2.75. The van der Waals surface area contributed by atoms with Gasteiger partial charge in [0.15, 0.2) is 0 Å². The van der Waals surface area contributed by atoms with Gasteiger partial charge in [-0.2, -0.15) is 0 Å². The monoisotopic (exact) mass is 436 g/mol. The standard InChI is InChI=1S/C23H29ClO6/c1-16(25)28-14-20(27)15-30-22-10-6-18(7-11-22)23(2,3)17-4-8-21(9-5-17)29-13-19(26)12-24/h4-11,19-20,26-27H,12-15H2,1-3H3/t19-,20+/m0/s1. The Morgan fingerprint density at radius 3 is 1.70 bits per heavy atom. The summed E-state index contributed by atoms with van der Waals surface area (Å²) < 4.78 is 15.8. The Bertz CT molecular complexity index is 788. The molecule has 2 atom stereocenters. The number of ether oxygens (including phenoxy) is 3. The number of aliphatic hydroxyl groups is 2. The van der Waals surface area contributed by atoms with Crippen LogP contribution in [0.3, 0.4) is 0 Å². The number of carbonyl (C=O) groups is 1. The quantitative estimate of drug-likeness (QED) is 0.415. The van der Waals surface area contributed by atoms with Gasteiger partial charge in [-0.1, -0.05) is 38.1 Å². The van der Waals surface area contributed by atoms with Crippen molar-refractivity contribution in [3.8, 4) is 11.5 Å². The van der Waals surface area contributed by atoms with Crippen molar-refractivity contribution in [2.45, 2.75) is 38.4 Å². The van der Waals surface area contributed by atoms with Crippen molar-refractivity contribution < 1.29 is 29.2 Å². The zero-order valence-corrected chi connectivity index (χ0v) is 18.3. The van der Waals surface area contributed by atoms with Crippen molar-refractivity contribution in [3.05, 3.63) is 59.7 Å². The average molecular weight is 437 g/mol. The van der Waals surface area contributed by atoms with Crippen molar-refractivity contribution in [2.24, 2.45) is 0 Å². The summed E-state index contributed by atoms with van der Waals surface area (Å²) in [6, 6.07) is 15.4. The van der Waals surface area contributed by atoms with E-state index in [1.54, 1.807) is 0 Å². The van der Waals surface area contributed by atoms with Crippen LogP contribution in [0.2, 0.25) is 0 Å². The third-order valence-electron chi connectivity index (χ3n) is 4.69. The van der Waals surface area contributed by atoms with Crippen LogP contribution in [0, 0.1) is 0 Å². The first-order valence-electron chi connectivity index (χ1n) is 9.74. The van der Waals surface area contributed by atoms with Crippen LogP contribution < -0.4 is 9.47 Å². The Morgan fingerprint density at radius 1 is 0.867 bits per heavy atom. The number of benzene rings is 2. The summed E-state index contributed by atoms with van der Waals surface area (Å²) in [5, 5.41) is 19.3. The lowest BCUT2D eigenvalue weighted by Crippen LogP contribution is -2.24. The zero-order valence-electron chi connectivity index (χ0n) is 17.5. The van der Waals surface area contributed by atoms with E-state index in [9.17, 15) is 15.0 Å². The van der Waals surface area contributed by atoms with Gasteiger partial charge in [-0.25, -0.2) is 0 Å². The maximum atomic E-state index is 10.8. The van der Waals surface area contributed by atoms with E-state index in [-0.39, 0.29) is 31.1 Å². The van der Waals surface area contributed by atoms with Crippen LogP contribution in [-0.4, -0.2) is 54.1 Å². The summed E-state index contributed by atoms with van der Waals surface area (Å²) in [7, 11) is 0. The first kappa shape index (κ1) is 24.0. The Kier molecular flexibility index (Phi) is 8.96. The van der Waals surface area contributed by atoms with E-state index in [1.807, 2.05) is 48.5 Å². The molecule has 2 N–H and O–H groups in total. The van der Waals surface area contributed by atoms with Crippen molar-refractivity contribution >= 4 is 17.6 Å². The second-order valence-corrected chi connectivity index (χ2v) is 7.87. The molecule has 2 rings (SSSR count). The minimum atomic E-state index is -0.878. The fourth-order valence-corrected chi connectivity index (χ4v) is 2.88. The predicted octanol–water partition coefficient (Wildman–Crippen LogP) is 3.29. The van der Waals surface area contributed by atoms with E-state index >= 15 is 0 Å². The number of hydrogen-bond donors (Lipinski definition) is 2. The third-order valence-corrected chi connectivity index (χ3v) is 5.05. The molecule has 0 heterocycles. The van der Waals surface area contributed by atoms with Crippen LogP contribution in [0.5, 0.6) is 11.5 Å². The normalized spacial score (nSPS) is 13.4. The van der Waals surface area contributed by atoms with E-state index in [0.29, 0.717) is 11.5 Å². The molecule has 0 radical (unpaired) electrons. The van der Waals surface area contributed by atoms with Gasteiger partial charge >= 0.3 is 5.97 Å². The topological polar surface area (TPSA) is 85.2 Å². The van der Waals surface area contributed by atoms with Crippen molar-refractivity contribution in [1.29, 1.82) is 0 Å².